The van der Waals surface area contributed by atoms with E-state index in [-0.39, 0.29) is 4.91 Å². The van der Waals surface area contributed by atoms with Gasteiger partial charge in [-0.2, -0.15) is 5.26 Å². The van der Waals surface area contributed by atoms with Gasteiger partial charge in [-0.25, -0.2) is 0 Å². The number of nitrogens with zero attached hydrogens (tertiary/aromatic N) is 1. The van der Waals surface area contributed by atoms with Gasteiger partial charge in [-0.1, -0.05) is 6.58 Å². The predicted molar refractivity (Wildman–Crippen MR) is 28.7 cm³/mol. The Balaban J connectivity index is 3.90. The SMILES string of the molecule is C=C(S)C(=O)C#N. The molecule has 0 radical (unpaired) electrons. The molecule has 0 aromatic carbocycles. The quantitative estimate of drug-likeness (QED) is 0.306. The molecular weight excluding hydrogens is 110 g/mol. The number of thiol groups is 1. The van der Waals surface area contributed by atoms with Crippen LogP contribution in [-0.2, 0) is 4.79 Å². The second kappa shape index (κ2) is 2.43. The maximum absolute atomic E-state index is 9.97. The molecule has 0 aliphatic rings. The second-order valence-corrected chi connectivity index (χ2v) is 1.43. The average Bonchev–Trinajstić information content (AvgIpc) is 1.65. The molecule has 7 heavy (non-hydrogen) atoms. The second-order valence-electron chi connectivity index (χ2n) is 0.888. The Morgan fingerprint density at radius 1 is 1.86 bits per heavy atom. The first-order valence-corrected chi connectivity index (χ1v) is 1.95. The summed E-state index contributed by atoms with van der Waals surface area (Å²) in [6.07, 6.45) is 0. The molecule has 3 heteroatoms. The van der Waals surface area contributed by atoms with Gasteiger partial charge >= 0.3 is 0 Å². The van der Waals surface area contributed by atoms with Crippen LogP contribution >= 0.6 is 12.6 Å². The van der Waals surface area contributed by atoms with Crippen LogP contribution in [0.3, 0.4) is 0 Å². The van der Waals surface area contributed by atoms with E-state index in [4.69, 9.17) is 5.26 Å². The molecule has 0 fully saturated rings. The molecule has 36 valence electrons. The Morgan fingerprint density at radius 3 is 2.29 bits per heavy atom. The van der Waals surface area contributed by atoms with E-state index in [0.717, 1.165) is 0 Å². The van der Waals surface area contributed by atoms with Crippen LogP contribution in [0.15, 0.2) is 11.5 Å². The third-order valence-corrected chi connectivity index (χ3v) is 0.567. The van der Waals surface area contributed by atoms with E-state index in [0.29, 0.717) is 0 Å². The van der Waals surface area contributed by atoms with E-state index < -0.39 is 5.78 Å². The van der Waals surface area contributed by atoms with Gasteiger partial charge in [0.1, 0.15) is 6.07 Å². The maximum atomic E-state index is 9.97. The minimum Gasteiger partial charge on any atom is -0.276 e. The van der Waals surface area contributed by atoms with Crippen molar-refractivity contribution >= 4 is 18.4 Å². The van der Waals surface area contributed by atoms with Crippen molar-refractivity contribution in [3.63, 3.8) is 0 Å². The van der Waals surface area contributed by atoms with Gasteiger partial charge in [0.2, 0.25) is 0 Å². The number of carbonyl (C=O) groups excluding carboxylic acids is 1. The number of nitriles is 1. The molecule has 2 nitrogen and oxygen atoms in total. The number of carbonyl (C=O) groups is 1. The summed E-state index contributed by atoms with van der Waals surface area (Å²) in [6.45, 7) is 3.12. The Hall–Kier alpha value is -0.750. The number of allylic oxidation sites excluding steroid dienone is 1. The van der Waals surface area contributed by atoms with Gasteiger partial charge < -0.3 is 0 Å². The van der Waals surface area contributed by atoms with Crippen LogP contribution in [-0.4, -0.2) is 5.78 Å². The Bertz CT molecular complexity index is 144. The molecule has 0 unspecified atom stereocenters. The first kappa shape index (κ1) is 6.25. The number of hydrogen-bond acceptors (Lipinski definition) is 3. The average molecular weight is 113 g/mol. The normalized spacial score (nSPS) is 6.86. The van der Waals surface area contributed by atoms with Crippen LogP contribution in [0.25, 0.3) is 0 Å². The number of rotatable bonds is 1. The molecule has 0 atom stereocenters. The lowest BCUT2D eigenvalue weighted by Crippen LogP contribution is -1.88. The van der Waals surface area contributed by atoms with Gasteiger partial charge in [-0.3, -0.25) is 4.79 Å². The molecular formula is C4H3NOS. The molecule has 0 aromatic heterocycles. The fourth-order valence-corrected chi connectivity index (χ4v) is 0.115. The summed E-state index contributed by atoms with van der Waals surface area (Å²) < 4.78 is 0. The predicted octanol–water partition coefficient (Wildman–Crippen LogP) is 0.523. The molecule has 0 rings (SSSR count). The molecule has 0 saturated carbocycles. The van der Waals surface area contributed by atoms with Crippen LogP contribution in [0.2, 0.25) is 0 Å². The lowest BCUT2D eigenvalue weighted by molar-refractivity contribution is -0.110. The Labute approximate surface area is 46.9 Å². The molecule has 0 spiro atoms. The van der Waals surface area contributed by atoms with Crippen LogP contribution in [0, 0.1) is 11.3 Å². The highest BCUT2D eigenvalue weighted by molar-refractivity contribution is 7.85. The zero-order chi connectivity index (χ0) is 5.86. The van der Waals surface area contributed by atoms with Crippen LogP contribution in [0.1, 0.15) is 0 Å². The smallest absolute Gasteiger partial charge is 0.267 e. The number of ketones is 1. The largest absolute Gasteiger partial charge is 0.276 e. The van der Waals surface area contributed by atoms with Crippen molar-refractivity contribution in [3.8, 4) is 6.07 Å². The van der Waals surface area contributed by atoms with Gasteiger partial charge in [0, 0.05) is 0 Å². The Kier molecular flexibility index (Phi) is 2.17. The van der Waals surface area contributed by atoms with Crippen molar-refractivity contribution in [2.75, 3.05) is 0 Å². The van der Waals surface area contributed by atoms with Gasteiger partial charge in [-0.15, -0.1) is 12.6 Å². The van der Waals surface area contributed by atoms with Gasteiger partial charge in [-0.05, 0) is 0 Å². The van der Waals surface area contributed by atoms with Crippen LogP contribution < -0.4 is 0 Å². The molecule has 0 amide bonds. The van der Waals surface area contributed by atoms with Gasteiger partial charge in [0.15, 0.2) is 0 Å². The van der Waals surface area contributed by atoms with Crippen LogP contribution in [0.4, 0.5) is 0 Å². The third-order valence-electron chi connectivity index (χ3n) is 0.364. The molecule has 0 N–H and O–H groups in total. The molecule has 0 saturated heterocycles. The summed E-state index contributed by atoms with van der Waals surface area (Å²) in [7, 11) is 0. The monoisotopic (exact) mass is 113 g/mol. The zero-order valence-electron chi connectivity index (χ0n) is 3.51. The van der Waals surface area contributed by atoms with E-state index in [9.17, 15) is 4.79 Å². The molecule has 0 aromatic rings. The van der Waals surface area contributed by atoms with Crippen molar-refractivity contribution in [3.05, 3.63) is 11.5 Å². The summed E-state index contributed by atoms with van der Waals surface area (Å²) in [5, 5.41) is 7.80. The third kappa shape index (κ3) is 2.01. The van der Waals surface area contributed by atoms with Gasteiger partial charge in [0.25, 0.3) is 5.78 Å². The first-order chi connectivity index (χ1) is 3.18. The summed E-state index contributed by atoms with van der Waals surface area (Å²) in [6, 6.07) is 1.35. The van der Waals surface area contributed by atoms with Crippen LogP contribution in [0.5, 0.6) is 0 Å². The minimum atomic E-state index is -0.677. The first-order valence-electron chi connectivity index (χ1n) is 1.50. The molecule has 0 aliphatic heterocycles. The summed E-state index contributed by atoms with van der Waals surface area (Å²) in [5.74, 6) is -0.677. The summed E-state index contributed by atoms with van der Waals surface area (Å²) in [4.78, 5) is 9.96. The fraction of sp³-hybridized carbons (Fsp3) is 0. The standard InChI is InChI=1S/C4H3NOS/c1-3(7)4(6)2-5/h7H,1H2. The minimum absolute atomic E-state index is 0.0116. The molecule has 0 heterocycles. The Morgan fingerprint density at radius 2 is 2.29 bits per heavy atom. The van der Waals surface area contributed by atoms with E-state index in [2.05, 4.69) is 19.2 Å². The summed E-state index contributed by atoms with van der Waals surface area (Å²) in [5.41, 5.74) is 0. The van der Waals surface area contributed by atoms with E-state index in [1.165, 1.54) is 6.07 Å². The number of hydrogen-bond donors (Lipinski definition) is 1. The zero-order valence-corrected chi connectivity index (χ0v) is 4.40. The van der Waals surface area contributed by atoms with Crippen molar-refractivity contribution in [1.82, 2.24) is 0 Å². The van der Waals surface area contributed by atoms with E-state index in [1.807, 2.05) is 0 Å². The lowest BCUT2D eigenvalue weighted by atomic mass is 10.4. The topological polar surface area (TPSA) is 40.9 Å². The van der Waals surface area contributed by atoms with Gasteiger partial charge in [0.05, 0.1) is 4.91 Å². The van der Waals surface area contributed by atoms with Crippen molar-refractivity contribution < 1.29 is 4.79 Å². The van der Waals surface area contributed by atoms with Crippen molar-refractivity contribution in [2.45, 2.75) is 0 Å². The highest BCUT2D eigenvalue weighted by Crippen LogP contribution is 1.93. The van der Waals surface area contributed by atoms with Crippen molar-refractivity contribution in [1.29, 1.82) is 5.26 Å². The number of Topliss-reactive ketones (excluding diaryl/α,β-unsaturated/α-hetero) is 1. The molecule has 0 aliphatic carbocycles. The van der Waals surface area contributed by atoms with E-state index in [1.54, 1.807) is 0 Å². The van der Waals surface area contributed by atoms with E-state index >= 15 is 0 Å². The molecule has 0 bridgehead atoms. The lowest BCUT2D eigenvalue weighted by Gasteiger charge is -1.76. The fourth-order valence-electron chi connectivity index (χ4n) is 0.0645. The highest BCUT2D eigenvalue weighted by Gasteiger charge is 1.95. The maximum Gasteiger partial charge on any atom is 0.267 e. The summed E-state index contributed by atoms with van der Waals surface area (Å²) >= 11 is 3.51. The van der Waals surface area contributed by atoms with Crippen molar-refractivity contribution in [2.24, 2.45) is 0 Å². The highest BCUT2D eigenvalue weighted by atomic mass is 32.1.